The average Bonchev–Trinajstić information content (AvgIpc) is 2.60. The quantitative estimate of drug-likeness (QED) is 0.356. The summed E-state index contributed by atoms with van der Waals surface area (Å²) in [6.45, 7) is 7.35. The zero-order valence-corrected chi connectivity index (χ0v) is 18.5. The van der Waals surface area contributed by atoms with Crippen LogP contribution in [0.5, 0.6) is 0 Å². The van der Waals surface area contributed by atoms with E-state index in [0.717, 1.165) is 6.42 Å². The third-order valence-electron chi connectivity index (χ3n) is 5.44. The summed E-state index contributed by atoms with van der Waals surface area (Å²) in [4.78, 5) is 0. The van der Waals surface area contributed by atoms with Crippen molar-refractivity contribution in [3.8, 4) is 0 Å². The molecule has 0 amide bonds. The minimum absolute atomic E-state index is 0.350. The molecule has 1 aromatic carbocycles. The number of aliphatic hydroxyl groups excluding tert-OH is 1. The molecule has 23 heavy (non-hydrogen) atoms. The molecule has 0 saturated carbocycles. The van der Waals surface area contributed by atoms with Gasteiger partial charge < -0.3 is 0 Å². The first kappa shape index (κ1) is 21.0. The average molecular weight is 425 g/mol. The molecule has 0 aliphatic heterocycles. The van der Waals surface area contributed by atoms with Gasteiger partial charge in [-0.3, -0.25) is 0 Å². The molecule has 0 bridgehead atoms. The molecule has 1 nitrogen and oxygen atoms in total. The molecule has 0 saturated heterocycles. The van der Waals surface area contributed by atoms with Crippen LogP contribution in [-0.4, -0.2) is 30.1 Å². The van der Waals surface area contributed by atoms with Crippen LogP contribution in [0.2, 0.25) is 13.3 Å². The van der Waals surface area contributed by atoms with Crippen LogP contribution in [0.1, 0.15) is 75.2 Å². The molecule has 1 rings (SSSR count). The standard InChI is InChI=1S/C9H11O.3C4H9.Sn/c10-8-4-7-9-5-2-1-3-6-9;3*1-3-4-2;/h1-3,5-7,10H,4,8H2;3*1,3-4H2,2H3;. The Morgan fingerprint density at radius 3 is 1.70 bits per heavy atom. The Labute approximate surface area is 148 Å². The van der Waals surface area contributed by atoms with Crippen molar-refractivity contribution in [2.45, 2.75) is 83.0 Å². The van der Waals surface area contributed by atoms with Crippen molar-refractivity contribution >= 4 is 18.4 Å². The molecule has 0 radical (unpaired) electrons. The summed E-state index contributed by atoms with van der Waals surface area (Å²) in [6, 6.07) is 11.2. The van der Waals surface area contributed by atoms with Gasteiger partial charge in [-0.25, -0.2) is 0 Å². The van der Waals surface area contributed by atoms with E-state index in [9.17, 15) is 5.11 Å². The molecule has 0 aliphatic rings. The van der Waals surface area contributed by atoms with E-state index >= 15 is 0 Å². The van der Waals surface area contributed by atoms with E-state index in [0.29, 0.717) is 10.5 Å². The van der Waals surface area contributed by atoms with E-state index in [1.165, 1.54) is 57.4 Å². The summed E-state index contributed by atoms with van der Waals surface area (Å²) in [7, 11) is 0. The van der Waals surface area contributed by atoms with Gasteiger partial charge in [-0.2, -0.15) is 0 Å². The maximum atomic E-state index is 9.77. The van der Waals surface area contributed by atoms with Crippen LogP contribution in [0.15, 0.2) is 30.3 Å². The Morgan fingerprint density at radius 1 is 0.826 bits per heavy atom. The Hall–Kier alpha value is -0.0213. The number of benzene rings is 1. The van der Waals surface area contributed by atoms with Crippen LogP contribution < -0.4 is 0 Å². The van der Waals surface area contributed by atoms with Crippen molar-refractivity contribution in [2.24, 2.45) is 0 Å². The second kappa shape index (κ2) is 12.4. The Bertz CT molecular complexity index is 368. The first-order chi connectivity index (χ1) is 11.2. The molecule has 0 spiro atoms. The van der Waals surface area contributed by atoms with Gasteiger partial charge in [-0.1, -0.05) is 0 Å². The van der Waals surface area contributed by atoms with Crippen LogP contribution in [0.25, 0.3) is 0 Å². The molecule has 1 aromatic rings. The van der Waals surface area contributed by atoms with Gasteiger partial charge in [0.1, 0.15) is 0 Å². The Kier molecular flexibility index (Phi) is 11.3. The second-order valence-corrected chi connectivity index (χ2v) is 21.2. The third-order valence-corrected chi connectivity index (χ3v) is 23.0. The van der Waals surface area contributed by atoms with Gasteiger partial charge in [0, 0.05) is 0 Å². The molecule has 1 atom stereocenters. The summed E-state index contributed by atoms with van der Waals surface area (Å²) in [6.07, 6.45) is 9.15. The fourth-order valence-electron chi connectivity index (χ4n) is 4.13. The minimum atomic E-state index is -2.32. The summed E-state index contributed by atoms with van der Waals surface area (Å²) >= 11 is -2.32. The number of unbranched alkanes of at least 4 members (excludes halogenated alkanes) is 3. The van der Waals surface area contributed by atoms with Crippen LogP contribution in [-0.2, 0) is 0 Å². The van der Waals surface area contributed by atoms with Gasteiger partial charge in [0.2, 0.25) is 0 Å². The maximum absolute atomic E-state index is 9.77. The van der Waals surface area contributed by atoms with Crippen molar-refractivity contribution < 1.29 is 5.11 Å². The number of hydrogen-bond donors (Lipinski definition) is 1. The van der Waals surface area contributed by atoms with E-state index in [1.54, 1.807) is 0 Å². The molecule has 0 aliphatic carbocycles. The normalized spacial score (nSPS) is 13.2. The first-order valence-electron chi connectivity index (χ1n) is 9.89. The molecule has 1 unspecified atom stereocenters. The predicted molar refractivity (Wildman–Crippen MR) is 106 cm³/mol. The van der Waals surface area contributed by atoms with Crippen LogP contribution in [0, 0.1) is 0 Å². The predicted octanol–water partition coefficient (Wildman–Crippen LogP) is 6.54. The molecule has 132 valence electrons. The molecule has 2 heteroatoms. The van der Waals surface area contributed by atoms with Crippen LogP contribution in [0.3, 0.4) is 0 Å². The molecule has 1 N–H and O–H groups in total. The Balaban J connectivity index is 3.15. The SMILES string of the molecule is CCC[CH2][Sn]([CH2]CCC)([CH2]CCC)[CH](CCO)c1ccccc1. The summed E-state index contributed by atoms with van der Waals surface area (Å²) < 4.78 is 5.26. The summed E-state index contributed by atoms with van der Waals surface area (Å²) in [5.41, 5.74) is 1.53. The fourth-order valence-corrected chi connectivity index (χ4v) is 23.0. The van der Waals surface area contributed by atoms with Gasteiger partial charge in [-0.15, -0.1) is 0 Å². The van der Waals surface area contributed by atoms with E-state index in [-0.39, 0.29) is 0 Å². The van der Waals surface area contributed by atoms with Gasteiger partial charge >= 0.3 is 149 Å². The summed E-state index contributed by atoms with van der Waals surface area (Å²) in [5, 5.41) is 9.77. The van der Waals surface area contributed by atoms with Gasteiger partial charge in [-0.05, 0) is 0 Å². The van der Waals surface area contributed by atoms with Crippen molar-refractivity contribution in [3.63, 3.8) is 0 Å². The zero-order chi connectivity index (χ0) is 17.0. The second-order valence-electron chi connectivity index (χ2n) is 7.15. The van der Waals surface area contributed by atoms with Gasteiger partial charge in [0.05, 0.1) is 0 Å². The van der Waals surface area contributed by atoms with Crippen molar-refractivity contribution in [3.05, 3.63) is 35.9 Å². The van der Waals surface area contributed by atoms with Crippen molar-refractivity contribution in [1.29, 1.82) is 0 Å². The molecule has 0 heterocycles. The van der Waals surface area contributed by atoms with Crippen molar-refractivity contribution in [1.82, 2.24) is 0 Å². The number of hydrogen-bond acceptors (Lipinski definition) is 1. The Morgan fingerprint density at radius 2 is 1.30 bits per heavy atom. The first-order valence-corrected chi connectivity index (χ1v) is 17.6. The molecular formula is C21H38OSn. The van der Waals surface area contributed by atoms with E-state index in [4.69, 9.17) is 0 Å². The zero-order valence-electron chi connectivity index (χ0n) is 15.7. The van der Waals surface area contributed by atoms with E-state index in [1.807, 2.05) is 0 Å². The molecule has 0 fully saturated rings. The fraction of sp³-hybridized carbons (Fsp3) is 0.714. The topological polar surface area (TPSA) is 20.2 Å². The van der Waals surface area contributed by atoms with Gasteiger partial charge in [0.15, 0.2) is 0 Å². The van der Waals surface area contributed by atoms with E-state index < -0.39 is 18.4 Å². The van der Waals surface area contributed by atoms with Crippen molar-refractivity contribution in [2.75, 3.05) is 6.61 Å². The third kappa shape index (κ3) is 6.78. The van der Waals surface area contributed by atoms with Gasteiger partial charge in [0.25, 0.3) is 0 Å². The van der Waals surface area contributed by atoms with E-state index in [2.05, 4.69) is 51.1 Å². The molecule has 0 aromatic heterocycles. The summed E-state index contributed by atoms with van der Waals surface area (Å²) in [5.74, 6) is 0. The molecular weight excluding hydrogens is 387 g/mol. The van der Waals surface area contributed by atoms with Crippen LogP contribution in [0.4, 0.5) is 0 Å². The monoisotopic (exact) mass is 426 g/mol. The number of rotatable bonds is 13. The van der Waals surface area contributed by atoms with Crippen LogP contribution >= 0.6 is 0 Å². The number of aliphatic hydroxyl groups is 1.